The minimum Gasteiger partial charge on any atom is -0.487 e. The lowest BCUT2D eigenvalue weighted by Crippen LogP contribution is -2.05. The Morgan fingerprint density at radius 1 is 1.00 bits per heavy atom. The topological polar surface area (TPSA) is 61.3 Å². The molecule has 30 heavy (non-hydrogen) atoms. The van der Waals surface area contributed by atoms with E-state index in [1.165, 1.54) is 0 Å². The molecule has 5 rings (SSSR count). The van der Waals surface area contributed by atoms with Gasteiger partial charge in [0, 0.05) is 23.2 Å². The third kappa shape index (κ3) is 3.24. The number of hydrogen-bond donors (Lipinski definition) is 0. The molecule has 5 nitrogen and oxygen atoms in total. The summed E-state index contributed by atoms with van der Waals surface area (Å²) in [4.78, 5) is 21.4. The molecule has 0 amide bonds. The number of carbonyl (C=O) groups is 1. The predicted molar refractivity (Wildman–Crippen MR) is 104 cm³/mol. The summed E-state index contributed by atoms with van der Waals surface area (Å²) in [6.07, 6.45) is 1.62. The average Bonchev–Trinajstić information content (AvgIpc) is 2.90. The summed E-state index contributed by atoms with van der Waals surface area (Å²) in [6.45, 7) is 0.314. The molecule has 1 aliphatic heterocycles. The molecule has 0 radical (unpaired) electrons. The zero-order chi connectivity index (χ0) is 20.7. The molecule has 0 saturated carbocycles. The lowest BCUT2D eigenvalue weighted by atomic mass is 10.0. The number of pyridine rings is 2. The SMILES string of the molecule is O=C1c2cc(OCc3ccc4cc(F)c(F)cc4n3)ccc2OCc2ncccc21. The molecule has 7 heteroatoms. The second-order valence-corrected chi connectivity index (χ2v) is 6.82. The fraction of sp³-hybridized carbons (Fsp3) is 0.0870. The fourth-order valence-corrected chi connectivity index (χ4v) is 3.35. The van der Waals surface area contributed by atoms with Crippen LogP contribution in [0, 0.1) is 11.6 Å². The largest absolute Gasteiger partial charge is 0.487 e. The van der Waals surface area contributed by atoms with Gasteiger partial charge in [-0.3, -0.25) is 9.78 Å². The Hall–Kier alpha value is -3.87. The van der Waals surface area contributed by atoms with Gasteiger partial charge in [0.15, 0.2) is 17.4 Å². The molecule has 0 aliphatic carbocycles. The van der Waals surface area contributed by atoms with E-state index in [1.54, 1.807) is 48.7 Å². The molecular formula is C23H14F2N2O3. The molecular weight excluding hydrogens is 390 g/mol. The van der Waals surface area contributed by atoms with Crippen LogP contribution < -0.4 is 9.47 Å². The highest BCUT2D eigenvalue weighted by atomic mass is 19.2. The Labute approximate surface area is 169 Å². The van der Waals surface area contributed by atoms with E-state index in [0.29, 0.717) is 44.9 Å². The molecule has 0 saturated heterocycles. The molecule has 148 valence electrons. The standard InChI is InChI=1S/C23H14F2N2O3/c24-18-8-13-3-4-14(27-20(13)10-19(18)25)11-29-15-5-6-22-17(9-15)23(28)16-2-1-7-26-21(16)12-30-22/h1-10H,11-12H2. The molecule has 0 N–H and O–H groups in total. The van der Waals surface area contributed by atoms with Gasteiger partial charge in [-0.1, -0.05) is 6.07 Å². The Balaban J connectivity index is 1.40. The first-order valence-corrected chi connectivity index (χ1v) is 9.21. The van der Waals surface area contributed by atoms with E-state index in [0.717, 1.165) is 12.1 Å². The lowest BCUT2D eigenvalue weighted by molar-refractivity contribution is 0.103. The van der Waals surface area contributed by atoms with E-state index in [2.05, 4.69) is 9.97 Å². The van der Waals surface area contributed by atoms with Crippen LogP contribution in [0.3, 0.4) is 0 Å². The van der Waals surface area contributed by atoms with E-state index in [4.69, 9.17) is 9.47 Å². The van der Waals surface area contributed by atoms with Crippen molar-refractivity contribution in [3.63, 3.8) is 0 Å². The minimum absolute atomic E-state index is 0.0981. The van der Waals surface area contributed by atoms with Crippen LogP contribution in [-0.4, -0.2) is 15.8 Å². The maximum Gasteiger partial charge on any atom is 0.198 e. The molecule has 4 aromatic rings. The molecule has 0 bridgehead atoms. The molecule has 1 aliphatic rings. The van der Waals surface area contributed by atoms with E-state index in [-0.39, 0.29) is 19.0 Å². The van der Waals surface area contributed by atoms with E-state index < -0.39 is 11.6 Å². The minimum atomic E-state index is -0.952. The van der Waals surface area contributed by atoms with Crippen molar-refractivity contribution in [3.8, 4) is 11.5 Å². The van der Waals surface area contributed by atoms with E-state index in [1.807, 2.05) is 0 Å². The van der Waals surface area contributed by atoms with Crippen molar-refractivity contribution >= 4 is 16.7 Å². The van der Waals surface area contributed by atoms with Crippen LogP contribution in [0.15, 0.2) is 60.8 Å². The third-order valence-corrected chi connectivity index (χ3v) is 4.87. The Morgan fingerprint density at radius 3 is 2.77 bits per heavy atom. The molecule has 3 heterocycles. The molecule has 0 spiro atoms. The maximum atomic E-state index is 13.5. The van der Waals surface area contributed by atoms with Gasteiger partial charge in [-0.2, -0.15) is 0 Å². The van der Waals surface area contributed by atoms with Crippen molar-refractivity contribution < 1.29 is 23.0 Å². The number of benzene rings is 2. The van der Waals surface area contributed by atoms with Crippen LogP contribution in [0.2, 0.25) is 0 Å². The fourth-order valence-electron chi connectivity index (χ4n) is 3.35. The maximum absolute atomic E-state index is 13.5. The first kappa shape index (κ1) is 18.2. The quantitative estimate of drug-likeness (QED) is 0.499. The Kier molecular flexibility index (Phi) is 4.35. The number of rotatable bonds is 3. The highest BCUT2D eigenvalue weighted by Crippen LogP contribution is 2.31. The Bertz CT molecular complexity index is 1310. The average molecular weight is 404 g/mol. The van der Waals surface area contributed by atoms with Crippen molar-refractivity contribution in [1.29, 1.82) is 0 Å². The highest BCUT2D eigenvalue weighted by Gasteiger charge is 2.23. The van der Waals surface area contributed by atoms with Crippen molar-refractivity contribution in [2.24, 2.45) is 0 Å². The van der Waals surface area contributed by atoms with Crippen LogP contribution in [-0.2, 0) is 13.2 Å². The van der Waals surface area contributed by atoms with Gasteiger partial charge in [-0.15, -0.1) is 0 Å². The first-order valence-electron chi connectivity index (χ1n) is 9.21. The van der Waals surface area contributed by atoms with Gasteiger partial charge in [0.2, 0.25) is 0 Å². The van der Waals surface area contributed by atoms with Crippen molar-refractivity contribution in [1.82, 2.24) is 9.97 Å². The molecule has 0 fully saturated rings. The van der Waals surface area contributed by atoms with Gasteiger partial charge in [0.05, 0.1) is 22.5 Å². The van der Waals surface area contributed by atoms with Crippen LogP contribution in [0.4, 0.5) is 8.78 Å². The highest BCUT2D eigenvalue weighted by molar-refractivity contribution is 6.11. The zero-order valence-electron chi connectivity index (χ0n) is 15.6. The monoisotopic (exact) mass is 404 g/mol. The van der Waals surface area contributed by atoms with Crippen LogP contribution in [0.25, 0.3) is 10.9 Å². The summed E-state index contributed by atoms with van der Waals surface area (Å²) < 4.78 is 38.3. The summed E-state index contributed by atoms with van der Waals surface area (Å²) in [7, 11) is 0. The summed E-state index contributed by atoms with van der Waals surface area (Å²) in [5, 5.41) is 0.498. The van der Waals surface area contributed by atoms with Crippen LogP contribution >= 0.6 is 0 Å². The number of aromatic nitrogens is 2. The second-order valence-electron chi connectivity index (χ2n) is 6.82. The van der Waals surface area contributed by atoms with E-state index >= 15 is 0 Å². The number of carbonyl (C=O) groups excluding carboxylic acids is 1. The van der Waals surface area contributed by atoms with Crippen LogP contribution in [0.5, 0.6) is 11.5 Å². The molecule has 2 aromatic carbocycles. The predicted octanol–water partition coefficient (Wildman–Crippen LogP) is 4.61. The Morgan fingerprint density at radius 2 is 1.87 bits per heavy atom. The number of halogens is 2. The number of fused-ring (bicyclic) bond motifs is 3. The molecule has 0 unspecified atom stereocenters. The van der Waals surface area contributed by atoms with Gasteiger partial charge in [-0.05, 0) is 42.5 Å². The lowest BCUT2D eigenvalue weighted by Gasteiger charge is -2.10. The summed E-state index contributed by atoms with van der Waals surface area (Å²) in [6, 6.07) is 13.9. The summed E-state index contributed by atoms with van der Waals surface area (Å²) in [5.74, 6) is -1.12. The van der Waals surface area contributed by atoms with Gasteiger partial charge in [-0.25, -0.2) is 13.8 Å². The number of ketones is 1. The normalized spacial score (nSPS) is 12.7. The third-order valence-electron chi connectivity index (χ3n) is 4.87. The first-order chi connectivity index (χ1) is 14.6. The van der Waals surface area contributed by atoms with Crippen molar-refractivity contribution in [2.75, 3.05) is 0 Å². The van der Waals surface area contributed by atoms with Gasteiger partial charge in [0.25, 0.3) is 0 Å². The van der Waals surface area contributed by atoms with E-state index in [9.17, 15) is 13.6 Å². The summed E-state index contributed by atoms with van der Waals surface area (Å²) in [5.41, 5.74) is 2.36. The van der Waals surface area contributed by atoms with Crippen LogP contribution in [0.1, 0.15) is 27.3 Å². The summed E-state index contributed by atoms with van der Waals surface area (Å²) >= 11 is 0. The van der Waals surface area contributed by atoms with Gasteiger partial charge < -0.3 is 9.47 Å². The second kappa shape index (κ2) is 7.18. The van der Waals surface area contributed by atoms with Crippen molar-refractivity contribution in [2.45, 2.75) is 13.2 Å². The van der Waals surface area contributed by atoms with Gasteiger partial charge in [0.1, 0.15) is 24.7 Å². The molecule has 0 atom stereocenters. The number of ether oxygens (including phenoxy) is 2. The smallest absolute Gasteiger partial charge is 0.198 e. The zero-order valence-corrected chi connectivity index (χ0v) is 15.6. The number of hydrogen-bond acceptors (Lipinski definition) is 5. The van der Waals surface area contributed by atoms with Crippen molar-refractivity contribution in [3.05, 3.63) is 94.9 Å². The molecule has 2 aromatic heterocycles. The van der Waals surface area contributed by atoms with Gasteiger partial charge >= 0.3 is 0 Å². The number of nitrogens with zero attached hydrogens (tertiary/aromatic N) is 2.